The van der Waals surface area contributed by atoms with Crippen LogP contribution in [0.2, 0.25) is 0 Å². The Hall–Kier alpha value is -3.41. The largest absolute Gasteiger partial charge is 0.361 e. The molecule has 1 fully saturated rings. The Morgan fingerprint density at radius 1 is 1.23 bits per heavy atom. The maximum Gasteiger partial charge on any atom is 0.266 e. The van der Waals surface area contributed by atoms with Gasteiger partial charge in [0.15, 0.2) is 11.5 Å². The van der Waals surface area contributed by atoms with Gasteiger partial charge in [-0.1, -0.05) is 18.2 Å². The molecule has 0 unspecified atom stereocenters. The molecule has 0 radical (unpaired) electrons. The van der Waals surface area contributed by atoms with E-state index in [2.05, 4.69) is 15.5 Å². The zero-order valence-corrected chi connectivity index (χ0v) is 16.3. The van der Waals surface area contributed by atoms with Crippen LogP contribution in [0.4, 0.5) is 19.0 Å². The first-order chi connectivity index (χ1) is 14.2. The molecule has 9 heteroatoms. The molecule has 0 amide bonds. The molecule has 2 aromatic heterocycles. The molecule has 1 aliphatic rings. The fraction of sp³-hybridized carbons (Fsp3) is 0.333. The molecule has 0 aliphatic heterocycles. The normalized spacial score (nSPS) is 15.8. The first kappa shape index (κ1) is 19.9. The number of nitrogens with zero attached hydrogens (tertiary/aromatic N) is 4. The average Bonchev–Trinajstić information content (AvgIpc) is 3.45. The number of halogens is 3. The van der Waals surface area contributed by atoms with Crippen molar-refractivity contribution in [3.8, 4) is 6.07 Å². The van der Waals surface area contributed by atoms with Crippen LogP contribution in [0.15, 0.2) is 35.3 Å². The minimum absolute atomic E-state index is 0.000665. The second kappa shape index (κ2) is 7.13. The summed E-state index contributed by atoms with van der Waals surface area (Å²) < 4.78 is 42.2. The highest BCUT2D eigenvalue weighted by molar-refractivity contribution is 5.93. The smallest absolute Gasteiger partial charge is 0.266 e. The van der Waals surface area contributed by atoms with Crippen molar-refractivity contribution >= 4 is 16.6 Å². The van der Waals surface area contributed by atoms with Gasteiger partial charge in [-0.15, -0.1) is 10.2 Å². The number of nitrogens with one attached hydrogen (secondary N) is 1. The molecule has 1 atom stereocenters. The molecular formula is C21H18F3N5O. The predicted molar refractivity (Wildman–Crippen MR) is 105 cm³/mol. The van der Waals surface area contributed by atoms with Gasteiger partial charge in [0.25, 0.3) is 12.0 Å². The second-order valence-corrected chi connectivity index (χ2v) is 7.73. The highest BCUT2D eigenvalue weighted by atomic mass is 19.3. The number of hydrogen-bond acceptors (Lipinski definition) is 5. The van der Waals surface area contributed by atoms with Crippen LogP contribution < -0.4 is 10.9 Å². The minimum atomic E-state index is -2.93. The number of anilines is 1. The minimum Gasteiger partial charge on any atom is -0.361 e. The Bertz CT molecular complexity index is 1240. The topological polar surface area (TPSA) is 83.6 Å². The van der Waals surface area contributed by atoms with E-state index in [4.69, 9.17) is 0 Å². The van der Waals surface area contributed by atoms with Gasteiger partial charge in [-0.05, 0) is 26.7 Å². The summed E-state index contributed by atoms with van der Waals surface area (Å²) in [5, 5.41) is 21.0. The molecule has 0 bridgehead atoms. The number of benzene rings is 1. The van der Waals surface area contributed by atoms with Crippen molar-refractivity contribution in [2.24, 2.45) is 0 Å². The Morgan fingerprint density at radius 3 is 2.57 bits per heavy atom. The van der Waals surface area contributed by atoms with Crippen molar-refractivity contribution in [2.75, 3.05) is 5.32 Å². The molecule has 0 saturated heterocycles. The van der Waals surface area contributed by atoms with Crippen LogP contribution >= 0.6 is 0 Å². The summed E-state index contributed by atoms with van der Waals surface area (Å²) in [4.78, 5) is 12.6. The summed E-state index contributed by atoms with van der Waals surface area (Å²) in [5.74, 6) is -0.753. The molecule has 2 heterocycles. The Morgan fingerprint density at radius 2 is 1.93 bits per heavy atom. The van der Waals surface area contributed by atoms with Crippen LogP contribution in [0.25, 0.3) is 10.8 Å². The van der Waals surface area contributed by atoms with Gasteiger partial charge in [0.05, 0.1) is 11.6 Å². The van der Waals surface area contributed by atoms with E-state index in [0.717, 1.165) is 18.9 Å². The van der Waals surface area contributed by atoms with Gasteiger partial charge >= 0.3 is 0 Å². The van der Waals surface area contributed by atoms with Crippen LogP contribution in [0.3, 0.4) is 0 Å². The van der Waals surface area contributed by atoms with Gasteiger partial charge < -0.3 is 9.88 Å². The molecule has 1 aromatic carbocycles. The Labute approximate surface area is 170 Å². The molecule has 1 aliphatic carbocycles. The van der Waals surface area contributed by atoms with E-state index in [0.29, 0.717) is 10.8 Å². The maximum absolute atomic E-state index is 14.5. The van der Waals surface area contributed by atoms with E-state index in [1.807, 2.05) is 13.0 Å². The zero-order chi connectivity index (χ0) is 21.6. The van der Waals surface area contributed by atoms with Gasteiger partial charge in [0.2, 0.25) is 0 Å². The number of fused-ring (bicyclic) bond motifs is 1. The third kappa shape index (κ3) is 3.28. The SMILES string of the molecule is C[C@@H](Nc1nnc(C#N)c2cc(=O)n(C3(C)CC3)cc12)c1cccc(C(F)F)c1F. The van der Waals surface area contributed by atoms with Crippen molar-refractivity contribution in [3.05, 3.63) is 63.5 Å². The predicted octanol–water partition coefficient (Wildman–Crippen LogP) is 4.42. The highest BCUT2D eigenvalue weighted by Crippen LogP contribution is 2.42. The number of rotatable bonds is 5. The number of alkyl halides is 2. The lowest BCUT2D eigenvalue weighted by molar-refractivity contribution is 0.146. The highest BCUT2D eigenvalue weighted by Gasteiger charge is 2.40. The summed E-state index contributed by atoms with van der Waals surface area (Å²) in [5.41, 5.74) is -1.16. The van der Waals surface area contributed by atoms with Gasteiger partial charge in [0, 0.05) is 34.1 Å². The van der Waals surface area contributed by atoms with Gasteiger partial charge in [-0.25, -0.2) is 13.2 Å². The lowest BCUT2D eigenvalue weighted by Gasteiger charge is -2.19. The molecular weight excluding hydrogens is 395 g/mol. The van der Waals surface area contributed by atoms with Crippen LogP contribution in [0, 0.1) is 17.1 Å². The number of aromatic nitrogens is 3. The number of pyridine rings is 1. The Kier molecular flexibility index (Phi) is 4.73. The first-order valence-electron chi connectivity index (χ1n) is 9.42. The van der Waals surface area contributed by atoms with E-state index in [1.54, 1.807) is 17.7 Å². The second-order valence-electron chi connectivity index (χ2n) is 7.73. The van der Waals surface area contributed by atoms with Gasteiger partial charge in [-0.3, -0.25) is 4.79 Å². The average molecular weight is 413 g/mol. The van der Waals surface area contributed by atoms with Crippen LogP contribution in [0.1, 0.15) is 56.0 Å². The summed E-state index contributed by atoms with van der Waals surface area (Å²) in [6, 6.07) is 6.38. The standard InChI is InChI=1S/C21H18F3N5O/c1-11(12-4-3-5-13(18(12)22)19(23)24)26-20-15-10-29(21(2)6-7-21)17(30)8-14(15)16(9-25)27-28-20/h3-5,8,10-11,19H,6-7H2,1-2H3,(H,26,28)/t11-/m1/s1. The fourth-order valence-electron chi connectivity index (χ4n) is 3.51. The number of nitriles is 1. The number of hydrogen-bond donors (Lipinski definition) is 1. The van der Waals surface area contributed by atoms with Crippen molar-refractivity contribution in [2.45, 2.75) is 44.7 Å². The molecule has 154 valence electrons. The van der Waals surface area contributed by atoms with Crippen LogP contribution in [0.5, 0.6) is 0 Å². The summed E-state index contributed by atoms with van der Waals surface area (Å²) in [6.07, 6.45) is 0.405. The van der Waals surface area contributed by atoms with E-state index in [-0.39, 0.29) is 28.2 Å². The third-order valence-corrected chi connectivity index (χ3v) is 5.59. The van der Waals surface area contributed by atoms with Gasteiger partial charge in [-0.2, -0.15) is 5.26 Å². The lowest BCUT2D eigenvalue weighted by atomic mass is 10.0. The molecule has 1 saturated carbocycles. The van der Waals surface area contributed by atoms with Crippen molar-refractivity contribution in [1.82, 2.24) is 14.8 Å². The molecule has 1 N–H and O–H groups in total. The van der Waals surface area contributed by atoms with Crippen molar-refractivity contribution in [1.29, 1.82) is 5.26 Å². The fourth-order valence-corrected chi connectivity index (χ4v) is 3.51. The van der Waals surface area contributed by atoms with Crippen LogP contribution in [-0.2, 0) is 5.54 Å². The molecule has 4 rings (SSSR count). The van der Waals surface area contributed by atoms with Crippen molar-refractivity contribution in [3.63, 3.8) is 0 Å². The zero-order valence-electron chi connectivity index (χ0n) is 16.3. The maximum atomic E-state index is 14.5. The molecule has 6 nitrogen and oxygen atoms in total. The Balaban J connectivity index is 1.81. The van der Waals surface area contributed by atoms with Gasteiger partial charge in [0.1, 0.15) is 11.9 Å². The van der Waals surface area contributed by atoms with E-state index in [1.165, 1.54) is 18.2 Å². The van der Waals surface area contributed by atoms with E-state index < -0.39 is 23.8 Å². The van der Waals surface area contributed by atoms with E-state index in [9.17, 15) is 23.2 Å². The summed E-state index contributed by atoms with van der Waals surface area (Å²) in [6.45, 7) is 3.57. The van der Waals surface area contributed by atoms with E-state index >= 15 is 0 Å². The quantitative estimate of drug-likeness (QED) is 0.669. The lowest BCUT2D eigenvalue weighted by Crippen LogP contribution is -2.27. The third-order valence-electron chi connectivity index (χ3n) is 5.59. The monoisotopic (exact) mass is 413 g/mol. The summed E-state index contributed by atoms with van der Waals surface area (Å²) >= 11 is 0. The molecule has 0 spiro atoms. The summed E-state index contributed by atoms with van der Waals surface area (Å²) in [7, 11) is 0. The van der Waals surface area contributed by atoms with Crippen LogP contribution in [-0.4, -0.2) is 14.8 Å². The first-order valence-corrected chi connectivity index (χ1v) is 9.42. The molecule has 30 heavy (non-hydrogen) atoms. The van der Waals surface area contributed by atoms with Crippen molar-refractivity contribution < 1.29 is 13.2 Å². The molecule has 3 aromatic rings.